The van der Waals surface area contributed by atoms with Crippen LogP contribution in [-0.2, 0) is 13.5 Å². The number of nitrogens with zero attached hydrogens (tertiary/aromatic N) is 4. The molecule has 108 valence electrons. The van der Waals surface area contributed by atoms with E-state index in [1.165, 1.54) is 25.9 Å². The summed E-state index contributed by atoms with van der Waals surface area (Å²) in [5.74, 6) is 1.05. The average molecular weight is 265 g/mol. The molecule has 5 heteroatoms. The highest BCUT2D eigenvalue weighted by Crippen LogP contribution is 2.29. The molecule has 0 aromatic carbocycles. The summed E-state index contributed by atoms with van der Waals surface area (Å²) in [7, 11) is 4.03. The zero-order chi connectivity index (χ0) is 13.9. The van der Waals surface area contributed by atoms with Gasteiger partial charge in [0.25, 0.3) is 0 Å². The predicted octanol–water partition coefficient (Wildman–Crippen LogP) is 1.21. The number of nitrogens with one attached hydrogen (secondary N) is 1. The minimum absolute atomic E-state index is 0.192. The van der Waals surface area contributed by atoms with Gasteiger partial charge in [-0.05, 0) is 46.3 Å². The van der Waals surface area contributed by atoms with Crippen molar-refractivity contribution in [2.24, 2.45) is 7.05 Å². The second-order valence-electron chi connectivity index (χ2n) is 5.75. The highest BCUT2D eigenvalue weighted by atomic mass is 15.3. The lowest BCUT2D eigenvalue weighted by atomic mass is 9.85. The van der Waals surface area contributed by atoms with Crippen molar-refractivity contribution in [3.05, 3.63) is 12.2 Å². The van der Waals surface area contributed by atoms with Crippen molar-refractivity contribution in [3.63, 3.8) is 0 Å². The first-order valence-corrected chi connectivity index (χ1v) is 7.37. The molecule has 0 amide bonds. The van der Waals surface area contributed by atoms with Gasteiger partial charge in [-0.3, -0.25) is 9.58 Å². The Labute approximate surface area is 116 Å². The molecule has 2 atom stereocenters. The number of hydrogen-bond donors (Lipinski definition) is 1. The van der Waals surface area contributed by atoms with E-state index in [9.17, 15) is 0 Å². The van der Waals surface area contributed by atoms with Crippen LogP contribution in [0.25, 0.3) is 0 Å². The topological polar surface area (TPSA) is 46.0 Å². The van der Waals surface area contributed by atoms with Gasteiger partial charge in [0.15, 0.2) is 0 Å². The minimum Gasteiger partial charge on any atom is -0.315 e. The summed E-state index contributed by atoms with van der Waals surface area (Å²) in [6.07, 6.45) is 6.37. The molecule has 2 unspecified atom stereocenters. The van der Waals surface area contributed by atoms with Crippen molar-refractivity contribution in [3.8, 4) is 0 Å². The Morgan fingerprint density at radius 1 is 1.42 bits per heavy atom. The molecular weight excluding hydrogens is 238 g/mol. The fourth-order valence-electron chi connectivity index (χ4n) is 3.24. The third-order valence-electron chi connectivity index (χ3n) is 4.84. The van der Waals surface area contributed by atoms with Crippen molar-refractivity contribution < 1.29 is 0 Å². The number of likely N-dealkylation sites (N-methyl/N-ethyl adjacent to an activating group) is 1. The van der Waals surface area contributed by atoms with E-state index in [0.29, 0.717) is 6.04 Å². The van der Waals surface area contributed by atoms with Gasteiger partial charge in [0, 0.05) is 25.0 Å². The fraction of sp³-hybridized carbons (Fsp3) is 0.857. The molecule has 1 aromatic rings. The van der Waals surface area contributed by atoms with Crippen LogP contribution >= 0.6 is 0 Å². The highest BCUT2D eigenvalue weighted by Gasteiger charge is 2.39. The van der Waals surface area contributed by atoms with E-state index in [-0.39, 0.29) is 5.54 Å². The lowest BCUT2D eigenvalue weighted by Gasteiger charge is -2.44. The number of hydrogen-bond acceptors (Lipinski definition) is 4. The molecule has 19 heavy (non-hydrogen) atoms. The first-order chi connectivity index (χ1) is 9.11. The van der Waals surface area contributed by atoms with Gasteiger partial charge < -0.3 is 5.32 Å². The van der Waals surface area contributed by atoms with Gasteiger partial charge in [-0.25, -0.2) is 4.98 Å². The van der Waals surface area contributed by atoms with Crippen molar-refractivity contribution in [2.75, 3.05) is 20.1 Å². The van der Waals surface area contributed by atoms with Crippen molar-refractivity contribution in [2.45, 2.75) is 51.1 Å². The second-order valence-corrected chi connectivity index (χ2v) is 5.75. The van der Waals surface area contributed by atoms with E-state index < -0.39 is 0 Å². The van der Waals surface area contributed by atoms with Gasteiger partial charge in [-0.1, -0.05) is 6.92 Å². The standard InChI is InChI=1S/C14H27N5/c1-5-14(2,19-8-6-7-9-19)12(15-3)10-13-16-11-17-18(13)4/h11-12,15H,5-10H2,1-4H3. The summed E-state index contributed by atoms with van der Waals surface area (Å²) in [4.78, 5) is 7.01. The van der Waals surface area contributed by atoms with E-state index in [1.807, 2.05) is 11.7 Å². The predicted molar refractivity (Wildman–Crippen MR) is 77.1 cm³/mol. The Bertz CT molecular complexity index is 396. The van der Waals surface area contributed by atoms with Gasteiger partial charge >= 0.3 is 0 Å². The van der Waals surface area contributed by atoms with Gasteiger partial charge in [0.1, 0.15) is 12.2 Å². The Balaban J connectivity index is 2.15. The summed E-state index contributed by atoms with van der Waals surface area (Å²) < 4.78 is 1.88. The molecular formula is C14H27N5. The third-order valence-corrected chi connectivity index (χ3v) is 4.84. The van der Waals surface area contributed by atoms with E-state index in [0.717, 1.165) is 18.7 Å². The summed E-state index contributed by atoms with van der Waals surface area (Å²) >= 11 is 0. The molecule has 0 spiro atoms. The van der Waals surface area contributed by atoms with Crippen molar-refractivity contribution in [1.82, 2.24) is 25.0 Å². The molecule has 0 radical (unpaired) electrons. The Morgan fingerprint density at radius 3 is 2.58 bits per heavy atom. The van der Waals surface area contributed by atoms with Gasteiger partial charge in [0.05, 0.1) is 0 Å². The summed E-state index contributed by atoms with van der Waals surface area (Å²) in [5.41, 5.74) is 0.192. The van der Waals surface area contributed by atoms with Crippen LogP contribution in [0.5, 0.6) is 0 Å². The number of aromatic nitrogens is 3. The van der Waals surface area contributed by atoms with Crippen LogP contribution in [0.2, 0.25) is 0 Å². The molecule has 0 aliphatic carbocycles. The molecule has 0 bridgehead atoms. The maximum Gasteiger partial charge on any atom is 0.138 e. The van der Waals surface area contributed by atoms with E-state index in [4.69, 9.17) is 0 Å². The molecule has 1 fully saturated rings. The average Bonchev–Trinajstić information content (AvgIpc) is 3.07. The fourth-order valence-corrected chi connectivity index (χ4v) is 3.24. The first kappa shape index (κ1) is 14.5. The molecule has 2 rings (SSSR count). The lowest BCUT2D eigenvalue weighted by molar-refractivity contribution is 0.0861. The Morgan fingerprint density at radius 2 is 2.11 bits per heavy atom. The zero-order valence-electron chi connectivity index (χ0n) is 12.7. The highest BCUT2D eigenvalue weighted by molar-refractivity contribution is 5.02. The maximum absolute atomic E-state index is 4.37. The van der Waals surface area contributed by atoms with Crippen LogP contribution in [0.1, 0.15) is 38.9 Å². The molecule has 1 aliphatic rings. The smallest absolute Gasteiger partial charge is 0.138 e. The van der Waals surface area contributed by atoms with E-state index in [1.54, 1.807) is 6.33 Å². The van der Waals surface area contributed by atoms with Crippen LogP contribution in [0.4, 0.5) is 0 Å². The van der Waals surface area contributed by atoms with Crippen LogP contribution in [-0.4, -0.2) is 51.4 Å². The molecule has 0 saturated carbocycles. The number of likely N-dealkylation sites (tertiary alicyclic amines) is 1. The largest absolute Gasteiger partial charge is 0.315 e. The van der Waals surface area contributed by atoms with Crippen molar-refractivity contribution >= 4 is 0 Å². The zero-order valence-corrected chi connectivity index (χ0v) is 12.7. The van der Waals surface area contributed by atoms with Crippen LogP contribution < -0.4 is 5.32 Å². The van der Waals surface area contributed by atoms with Crippen LogP contribution in [0, 0.1) is 0 Å². The van der Waals surface area contributed by atoms with E-state index >= 15 is 0 Å². The lowest BCUT2D eigenvalue weighted by Crippen LogP contribution is -2.58. The summed E-state index contributed by atoms with van der Waals surface area (Å²) in [5, 5.41) is 7.69. The van der Waals surface area contributed by atoms with Gasteiger partial charge in [-0.15, -0.1) is 0 Å². The maximum atomic E-state index is 4.37. The Kier molecular flexibility index (Phi) is 4.58. The summed E-state index contributed by atoms with van der Waals surface area (Å²) in [6, 6.07) is 0.401. The molecule has 1 aromatic heterocycles. The van der Waals surface area contributed by atoms with Crippen molar-refractivity contribution in [1.29, 1.82) is 0 Å². The van der Waals surface area contributed by atoms with Crippen LogP contribution in [0.3, 0.4) is 0 Å². The molecule has 1 saturated heterocycles. The van der Waals surface area contributed by atoms with Gasteiger partial charge in [-0.2, -0.15) is 5.10 Å². The molecule has 2 heterocycles. The normalized spacial score (nSPS) is 21.5. The monoisotopic (exact) mass is 265 g/mol. The Hall–Kier alpha value is -0.940. The first-order valence-electron chi connectivity index (χ1n) is 7.37. The molecule has 1 aliphatic heterocycles. The minimum atomic E-state index is 0.192. The summed E-state index contributed by atoms with van der Waals surface area (Å²) in [6.45, 7) is 7.12. The molecule has 1 N–H and O–H groups in total. The molecule has 5 nitrogen and oxygen atoms in total. The van der Waals surface area contributed by atoms with Gasteiger partial charge in [0.2, 0.25) is 0 Å². The number of rotatable bonds is 6. The quantitative estimate of drug-likeness (QED) is 0.840. The van der Waals surface area contributed by atoms with E-state index in [2.05, 4.69) is 41.2 Å². The second kappa shape index (κ2) is 6.01. The SMILES string of the molecule is CCC(C)(C(Cc1ncnn1C)NC)N1CCCC1. The number of aryl methyl sites for hydroxylation is 1. The van der Waals surface area contributed by atoms with Crippen LogP contribution in [0.15, 0.2) is 6.33 Å². The third kappa shape index (κ3) is 2.82.